The molecular weight excluding hydrogens is 178 g/mol. The largest absolute Gasteiger partial charge is 0.380 e. The molecule has 2 rings (SSSR count). The van der Waals surface area contributed by atoms with Crippen LogP contribution in [0.4, 0.5) is 0 Å². The van der Waals surface area contributed by atoms with E-state index in [-0.39, 0.29) is 5.91 Å². The van der Waals surface area contributed by atoms with Crippen LogP contribution in [0.2, 0.25) is 0 Å². The van der Waals surface area contributed by atoms with E-state index in [9.17, 15) is 4.79 Å². The Hall–Kier alpha value is -1.35. The Morgan fingerprint density at radius 3 is 3.14 bits per heavy atom. The molecule has 1 aromatic carbocycles. The van der Waals surface area contributed by atoms with Gasteiger partial charge in [-0.25, -0.2) is 0 Å². The highest BCUT2D eigenvalue weighted by Crippen LogP contribution is 2.16. The SMILES string of the molecule is COCc1ccc2c(c1)C(=O)NCC2. The second-order valence-corrected chi connectivity index (χ2v) is 3.43. The summed E-state index contributed by atoms with van der Waals surface area (Å²) < 4.78 is 5.02. The lowest BCUT2D eigenvalue weighted by Gasteiger charge is -2.16. The van der Waals surface area contributed by atoms with Crippen LogP contribution in [-0.2, 0) is 17.8 Å². The van der Waals surface area contributed by atoms with E-state index in [0.29, 0.717) is 6.61 Å². The molecule has 3 nitrogen and oxygen atoms in total. The monoisotopic (exact) mass is 191 g/mol. The molecule has 0 bridgehead atoms. The summed E-state index contributed by atoms with van der Waals surface area (Å²) in [5.41, 5.74) is 2.97. The van der Waals surface area contributed by atoms with E-state index in [1.807, 2.05) is 18.2 Å². The summed E-state index contributed by atoms with van der Waals surface area (Å²) in [6.07, 6.45) is 0.925. The van der Waals surface area contributed by atoms with Crippen LogP contribution in [0.15, 0.2) is 18.2 Å². The predicted octanol–water partition coefficient (Wildman–Crippen LogP) is 1.12. The first kappa shape index (κ1) is 9.21. The molecule has 3 heteroatoms. The third-order valence-electron chi connectivity index (χ3n) is 2.41. The minimum atomic E-state index is 0.0317. The number of ether oxygens (including phenoxy) is 1. The molecule has 1 aromatic rings. The van der Waals surface area contributed by atoms with E-state index in [1.165, 1.54) is 0 Å². The molecule has 1 aliphatic heterocycles. The summed E-state index contributed by atoms with van der Waals surface area (Å²) in [6.45, 7) is 1.30. The minimum Gasteiger partial charge on any atom is -0.380 e. The Morgan fingerprint density at radius 1 is 1.50 bits per heavy atom. The van der Waals surface area contributed by atoms with Gasteiger partial charge >= 0.3 is 0 Å². The van der Waals surface area contributed by atoms with Crippen molar-refractivity contribution in [3.8, 4) is 0 Å². The molecule has 74 valence electrons. The molecule has 14 heavy (non-hydrogen) atoms. The van der Waals surface area contributed by atoms with E-state index >= 15 is 0 Å². The first-order valence-electron chi connectivity index (χ1n) is 4.70. The average molecular weight is 191 g/mol. The third-order valence-corrected chi connectivity index (χ3v) is 2.41. The molecule has 0 atom stereocenters. The van der Waals surface area contributed by atoms with Crippen molar-refractivity contribution >= 4 is 5.91 Å². The number of hydrogen-bond donors (Lipinski definition) is 1. The second-order valence-electron chi connectivity index (χ2n) is 3.43. The molecule has 0 aromatic heterocycles. The van der Waals surface area contributed by atoms with E-state index in [2.05, 4.69) is 5.32 Å². The van der Waals surface area contributed by atoms with Crippen LogP contribution in [0.25, 0.3) is 0 Å². The molecule has 0 fully saturated rings. The molecule has 1 heterocycles. The summed E-state index contributed by atoms with van der Waals surface area (Å²) >= 11 is 0. The van der Waals surface area contributed by atoms with E-state index in [1.54, 1.807) is 7.11 Å². The highest BCUT2D eigenvalue weighted by Gasteiger charge is 2.16. The highest BCUT2D eigenvalue weighted by atomic mass is 16.5. The van der Waals surface area contributed by atoms with E-state index < -0.39 is 0 Å². The summed E-state index contributed by atoms with van der Waals surface area (Å²) in [4.78, 5) is 11.5. The average Bonchev–Trinajstić information content (AvgIpc) is 2.20. The summed E-state index contributed by atoms with van der Waals surface area (Å²) in [6, 6.07) is 5.94. The maximum Gasteiger partial charge on any atom is 0.251 e. The maximum absolute atomic E-state index is 11.5. The van der Waals surface area contributed by atoms with Crippen molar-refractivity contribution < 1.29 is 9.53 Å². The maximum atomic E-state index is 11.5. The normalized spacial score (nSPS) is 14.8. The van der Waals surface area contributed by atoms with Crippen molar-refractivity contribution in [2.45, 2.75) is 13.0 Å². The van der Waals surface area contributed by atoms with Gasteiger partial charge in [-0.05, 0) is 23.6 Å². The molecule has 0 saturated heterocycles. The Bertz CT molecular complexity index is 360. The number of methoxy groups -OCH3 is 1. The van der Waals surface area contributed by atoms with Gasteiger partial charge in [0.05, 0.1) is 6.61 Å². The molecule has 0 aliphatic carbocycles. The highest BCUT2D eigenvalue weighted by molar-refractivity contribution is 5.96. The molecule has 1 amide bonds. The smallest absolute Gasteiger partial charge is 0.251 e. The molecule has 1 aliphatic rings. The van der Waals surface area contributed by atoms with Gasteiger partial charge < -0.3 is 10.1 Å². The first-order valence-corrected chi connectivity index (χ1v) is 4.70. The van der Waals surface area contributed by atoms with Crippen molar-refractivity contribution in [3.63, 3.8) is 0 Å². The zero-order chi connectivity index (χ0) is 9.97. The first-order chi connectivity index (χ1) is 6.81. The Labute approximate surface area is 83.1 Å². The van der Waals surface area contributed by atoms with Gasteiger partial charge in [-0.1, -0.05) is 12.1 Å². The van der Waals surface area contributed by atoms with Crippen LogP contribution < -0.4 is 5.32 Å². The van der Waals surface area contributed by atoms with Crippen LogP contribution in [0.5, 0.6) is 0 Å². The fourth-order valence-electron chi connectivity index (χ4n) is 1.72. The number of benzene rings is 1. The number of amides is 1. The van der Waals surface area contributed by atoms with E-state index in [0.717, 1.165) is 29.7 Å². The fourth-order valence-corrected chi connectivity index (χ4v) is 1.72. The molecule has 0 unspecified atom stereocenters. The fraction of sp³-hybridized carbons (Fsp3) is 0.364. The Balaban J connectivity index is 2.36. The lowest BCUT2D eigenvalue weighted by Crippen LogP contribution is -2.31. The van der Waals surface area contributed by atoms with Gasteiger partial charge in [0.25, 0.3) is 5.91 Å². The lowest BCUT2D eigenvalue weighted by molar-refractivity contribution is 0.0945. The minimum absolute atomic E-state index is 0.0317. The number of carbonyl (C=O) groups excluding carboxylic acids is 1. The lowest BCUT2D eigenvalue weighted by atomic mass is 9.98. The van der Waals surface area contributed by atoms with Crippen LogP contribution in [0.1, 0.15) is 21.5 Å². The number of fused-ring (bicyclic) bond motifs is 1. The standard InChI is InChI=1S/C11H13NO2/c1-14-7-8-2-3-9-4-5-12-11(13)10(9)6-8/h2-3,6H,4-5,7H2,1H3,(H,12,13). The second kappa shape index (κ2) is 3.80. The summed E-state index contributed by atoms with van der Waals surface area (Å²) in [5.74, 6) is 0.0317. The number of rotatable bonds is 2. The van der Waals surface area contributed by atoms with Crippen LogP contribution >= 0.6 is 0 Å². The number of nitrogens with one attached hydrogen (secondary N) is 1. The molecular formula is C11H13NO2. The van der Waals surface area contributed by atoms with Crippen LogP contribution in [0, 0.1) is 0 Å². The van der Waals surface area contributed by atoms with Crippen molar-refractivity contribution in [2.75, 3.05) is 13.7 Å². The van der Waals surface area contributed by atoms with Gasteiger partial charge in [-0.2, -0.15) is 0 Å². The van der Waals surface area contributed by atoms with Crippen molar-refractivity contribution in [1.29, 1.82) is 0 Å². The summed E-state index contributed by atoms with van der Waals surface area (Å²) in [7, 11) is 1.65. The van der Waals surface area contributed by atoms with Crippen LogP contribution in [-0.4, -0.2) is 19.6 Å². The zero-order valence-corrected chi connectivity index (χ0v) is 8.17. The van der Waals surface area contributed by atoms with Gasteiger partial charge in [0.2, 0.25) is 0 Å². The Kier molecular flexibility index (Phi) is 2.50. The van der Waals surface area contributed by atoms with Gasteiger partial charge in [0.1, 0.15) is 0 Å². The predicted molar refractivity (Wildman–Crippen MR) is 53.2 cm³/mol. The molecule has 0 saturated carbocycles. The van der Waals surface area contributed by atoms with Gasteiger partial charge in [-0.3, -0.25) is 4.79 Å². The Morgan fingerprint density at radius 2 is 2.36 bits per heavy atom. The number of carbonyl (C=O) groups is 1. The molecule has 1 N–H and O–H groups in total. The third kappa shape index (κ3) is 1.63. The topological polar surface area (TPSA) is 38.3 Å². The zero-order valence-electron chi connectivity index (χ0n) is 8.17. The summed E-state index contributed by atoms with van der Waals surface area (Å²) in [5, 5.41) is 2.83. The van der Waals surface area contributed by atoms with E-state index in [4.69, 9.17) is 4.74 Å². The molecule has 0 radical (unpaired) electrons. The van der Waals surface area contributed by atoms with Gasteiger partial charge in [0, 0.05) is 19.2 Å². The van der Waals surface area contributed by atoms with Crippen molar-refractivity contribution in [2.24, 2.45) is 0 Å². The quantitative estimate of drug-likeness (QED) is 0.760. The molecule has 0 spiro atoms. The van der Waals surface area contributed by atoms with Crippen molar-refractivity contribution in [1.82, 2.24) is 5.32 Å². The van der Waals surface area contributed by atoms with Crippen molar-refractivity contribution in [3.05, 3.63) is 34.9 Å². The van der Waals surface area contributed by atoms with Crippen LogP contribution in [0.3, 0.4) is 0 Å². The number of hydrogen-bond acceptors (Lipinski definition) is 2. The van der Waals surface area contributed by atoms with Gasteiger partial charge in [0.15, 0.2) is 0 Å². The van der Waals surface area contributed by atoms with Gasteiger partial charge in [-0.15, -0.1) is 0 Å².